The van der Waals surface area contributed by atoms with Gasteiger partial charge in [-0.1, -0.05) is 23.2 Å². The minimum absolute atomic E-state index is 0.110. The highest BCUT2D eigenvalue weighted by atomic mass is 35.5. The second kappa shape index (κ2) is 9.26. The van der Waals surface area contributed by atoms with E-state index in [1.54, 1.807) is 30.5 Å². The first-order valence-electron chi connectivity index (χ1n) is 9.02. The lowest BCUT2D eigenvalue weighted by Crippen LogP contribution is -2.38. The first kappa shape index (κ1) is 20.4. The number of pyridine rings is 1. The van der Waals surface area contributed by atoms with Gasteiger partial charge in [0.15, 0.2) is 0 Å². The van der Waals surface area contributed by atoms with Crippen LogP contribution in [0.1, 0.15) is 26.2 Å². The lowest BCUT2D eigenvalue weighted by molar-refractivity contribution is -0.124. The number of nitrogens with one attached hydrogen (secondary N) is 1. The molecule has 148 valence electrons. The van der Waals surface area contributed by atoms with Gasteiger partial charge in [-0.15, -0.1) is 0 Å². The molecule has 8 heteroatoms. The number of halogens is 2. The first-order chi connectivity index (χ1) is 13.4. The number of ketones is 1. The Balaban J connectivity index is 1.56. The van der Waals surface area contributed by atoms with E-state index in [2.05, 4.69) is 15.2 Å². The molecule has 1 N–H and O–H groups in total. The molecule has 6 nitrogen and oxygen atoms in total. The molecule has 2 heterocycles. The number of anilines is 2. The quantitative estimate of drug-likeness (QED) is 0.554. The van der Waals surface area contributed by atoms with E-state index >= 15 is 0 Å². The van der Waals surface area contributed by atoms with Crippen LogP contribution >= 0.6 is 23.2 Å². The van der Waals surface area contributed by atoms with Gasteiger partial charge in [0.25, 0.3) is 0 Å². The van der Waals surface area contributed by atoms with Crippen LogP contribution in [-0.2, 0) is 9.59 Å². The molecule has 0 unspecified atom stereocenters. The SMILES string of the molecule is CC(=O)CC(=O)Nc1ccc(N2CCC(Oc3ccnc(Cl)c3)CC2)c(Cl)c1. The van der Waals surface area contributed by atoms with Gasteiger partial charge in [-0.25, -0.2) is 4.98 Å². The number of rotatable bonds is 6. The standard InChI is InChI=1S/C20H21Cl2N3O3/c1-13(26)10-20(27)24-14-2-3-18(17(21)11-14)25-8-5-15(6-9-25)28-16-4-7-23-19(22)12-16/h2-4,7,11-12,15H,5-6,8-10H2,1H3,(H,24,27). The Labute approximate surface area is 173 Å². The zero-order chi connectivity index (χ0) is 20.1. The van der Waals surface area contributed by atoms with E-state index in [0.717, 1.165) is 37.4 Å². The van der Waals surface area contributed by atoms with Crippen molar-refractivity contribution in [3.8, 4) is 5.75 Å². The predicted molar refractivity (Wildman–Crippen MR) is 110 cm³/mol. The molecule has 3 rings (SSSR count). The van der Waals surface area contributed by atoms with E-state index in [1.165, 1.54) is 6.92 Å². The third-order valence-electron chi connectivity index (χ3n) is 4.42. The van der Waals surface area contributed by atoms with Crippen molar-refractivity contribution in [1.29, 1.82) is 0 Å². The van der Waals surface area contributed by atoms with Gasteiger partial charge in [-0.3, -0.25) is 9.59 Å². The molecule has 1 fully saturated rings. The predicted octanol–water partition coefficient (Wildman–Crippen LogP) is 4.35. The molecular formula is C20H21Cl2N3O3. The van der Waals surface area contributed by atoms with Crippen LogP contribution in [-0.4, -0.2) is 35.9 Å². The summed E-state index contributed by atoms with van der Waals surface area (Å²) in [7, 11) is 0. The van der Waals surface area contributed by atoms with Crippen molar-refractivity contribution >= 4 is 46.3 Å². The monoisotopic (exact) mass is 421 g/mol. The van der Waals surface area contributed by atoms with Crippen LogP contribution in [0.3, 0.4) is 0 Å². The number of piperidine rings is 1. The Bertz CT molecular complexity index is 868. The number of hydrogen-bond acceptors (Lipinski definition) is 5. The molecule has 28 heavy (non-hydrogen) atoms. The zero-order valence-corrected chi connectivity index (χ0v) is 17.0. The summed E-state index contributed by atoms with van der Waals surface area (Å²) in [6.45, 7) is 2.99. The molecule has 0 bridgehead atoms. The Hall–Kier alpha value is -2.31. The maximum absolute atomic E-state index is 11.7. The Morgan fingerprint density at radius 1 is 1.21 bits per heavy atom. The van der Waals surface area contributed by atoms with Gasteiger partial charge in [0.2, 0.25) is 5.91 Å². The van der Waals surface area contributed by atoms with Crippen LogP contribution in [0.5, 0.6) is 5.75 Å². The van der Waals surface area contributed by atoms with E-state index in [1.807, 2.05) is 6.07 Å². The minimum atomic E-state index is -0.342. The number of Topliss-reactive ketones (excluding diaryl/α,β-unsaturated/α-hetero) is 1. The van der Waals surface area contributed by atoms with Gasteiger partial charge in [-0.2, -0.15) is 0 Å². The molecule has 2 aromatic rings. The summed E-state index contributed by atoms with van der Waals surface area (Å²) in [5.74, 6) is 0.201. The second-order valence-electron chi connectivity index (χ2n) is 6.71. The molecule has 0 spiro atoms. The molecule has 1 aromatic carbocycles. The normalized spacial score (nSPS) is 14.6. The average molecular weight is 422 g/mol. The molecule has 1 aliphatic rings. The highest BCUT2D eigenvalue weighted by Crippen LogP contribution is 2.31. The van der Waals surface area contributed by atoms with E-state index < -0.39 is 0 Å². The van der Waals surface area contributed by atoms with Crippen LogP contribution in [0.2, 0.25) is 10.2 Å². The molecule has 0 radical (unpaired) electrons. The fraction of sp³-hybridized carbons (Fsp3) is 0.350. The molecule has 1 saturated heterocycles. The van der Waals surface area contributed by atoms with E-state index in [-0.39, 0.29) is 24.2 Å². The minimum Gasteiger partial charge on any atom is -0.490 e. The summed E-state index contributed by atoms with van der Waals surface area (Å²) in [6, 6.07) is 8.89. The van der Waals surface area contributed by atoms with Crippen molar-refractivity contribution in [2.45, 2.75) is 32.3 Å². The first-order valence-corrected chi connectivity index (χ1v) is 9.78. The number of hydrogen-bond donors (Lipinski definition) is 1. The summed E-state index contributed by atoms with van der Waals surface area (Å²) >= 11 is 12.3. The summed E-state index contributed by atoms with van der Waals surface area (Å²) < 4.78 is 5.99. The summed E-state index contributed by atoms with van der Waals surface area (Å²) in [4.78, 5) is 28.9. The van der Waals surface area contributed by atoms with E-state index in [0.29, 0.717) is 15.9 Å². The molecular weight excluding hydrogens is 401 g/mol. The maximum Gasteiger partial charge on any atom is 0.231 e. The lowest BCUT2D eigenvalue weighted by Gasteiger charge is -2.34. The third kappa shape index (κ3) is 5.59. The number of ether oxygens (including phenoxy) is 1. The van der Waals surface area contributed by atoms with Crippen LogP contribution < -0.4 is 15.0 Å². The summed E-state index contributed by atoms with van der Waals surface area (Å²) in [6.07, 6.45) is 3.30. The largest absolute Gasteiger partial charge is 0.490 e. The fourth-order valence-electron chi connectivity index (χ4n) is 3.14. The summed E-state index contributed by atoms with van der Waals surface area (Å²) in [5, 5.41) is 3.65. The van der Waals surface area contributed by atoms with Gasteiger partial charge in [-0.05, 0) is 31.2 Å². The van der Waals surface area contributed by atoms with Crippen LogP contribution in [0.15, 0.2) is 36.5 Å². The van der Waals surface area contributed by atoms with E-state index in [4.69, 9.17) is 27.9 Å². The zero-order valence-electron chi connectivity index (χ0n) is 15.5. The molecule has 1 amide bonds. The van der Waals surface area contributed by atoms with Gasteiger partial charge >= 0.3 is 0 Å². The van der Waals surface area contributed by atoms with Crippen molar-refractivity contribution in [3.63, 3.8) is 0 Å². The van der Waals surface area contributed by atoms with Crippen LogP contribution in [0.25, 0.3) is 0 Å². The molecule has 1 aromatic heterocycles. The van der Waals surface area contributed by atoms with Crippen LogP contribution in [0, 0.1) is 0 Å². The molecule has 1 aliphatic heterocycles. The number of amides is 1. The van der Waals surface area contributed by atoms with Gasteiger partial charge in [0.1, 0.15) is 22.8 Å². The number of nitrogens with zero attached hydrogens (tertiary/aromatic N) is 2. The maximum atomic E-state index is 11.7. The van der Waals surface area contributed by atoms with Gasteiger partial charge in [0.05, 0.1) is 17.1 Å². The third-order valence-corrected chi connectivity index (χ3v) is 4.93. The molecule has 0 saturated carbocycles. The highest BCUT2D eigenvalue weighted by molar-refractivity contribution is 6.33. The topological polar surface area (TPSA) is 71.5 Å². The molecule has 0 atom stereocenters. The average Bonchev–Trinajstić information content (AvgIpc) is 2.62. The number of benzene rings is 1. The Kier molecular flexibility index (Phi) is 6.75. The van der Waals surface area contributed by atoms with Crippen LogP contribution in [0.4, 0.5) is 11.4 Å². The van der Waals surface area contributed by atoms with Crippen molar-refractivity contribution in [2.75, 3.05) is 23.3 Å². The highest BCUT2D eigenvalue weighted by Gasteiger charge is 2.22. The van der Waals surface area contributed by atoms with Crippen molar-refractivity contribution in [1.82, 2.24) is 4.98 Å². The van der Waals surface area contributed by atoms with Crippen molar-refractivity contribution in [3.05, 3.63) is 46.7 Å². The lowest BCUT2D eigenvalue weighted by atomic mass is 10.1. The number of carbonyl (C=O) groups is 2. The van der Waals surface area contributed by atoms with Crippen molar-refractivity contribution in [2.24, 2.45) is 0 Å². The molecule has 0 aliphatic carbocycles. The smallest absolute Gasteiger partial charge is 0.231 e. The summed E-state index contributed by atoms with van der Waals surface area (Å²) in [5.41, 5.74) is 1.49. The van der Waals surface area contributed by atoms with Gasteiger partial charge < -0.3 is 15.0 Å². The fourth-order valence-corrected chi connectivity index (χ4v) is 3.60. The number of carbonyl (C=O) groups excluding carboxylic acids is 2. The second-order valence-corrected chi connectivity index (χ2v) is 7.51. The Morgan fingerprint density at radius 3 is 2.61 bits per heavy atom. The van der Waals surface area contributed by atoms with Gasteiger partial charge in [0, 0.05) is 43.9 Å². The van der Waals surface area contributed by atoms with Crippen molar-refractivity contribution < 1.29 is 14.3 Å². The van der Waals surface area contributed by atoms with E-state index in [9.17, 15) is 9.59 Å². The number of aromatic nitrogens is 1. The Morgan fingerprint density at radius 2 is 1.96 bits per heavy atom.